The molecule has 0 aromatic heterocycles. The number of carbonyl (C=O) groups excluding carboxylic acids is 1. The number of rotatable bonds is 4. The zero-order chi connectivity index (χ0) is 13.7. The number of amides is 1. The summed E-state index contributed by atoms with van der Waals surface area (Å²) < 4.78 is 5.32. The fraction of sp³-hybridized carbons (Fsp3) is 0.846. The minimum absolute atomic E-state index is 0.0646. The van der Waals surface area contributed by atoms with Crippen LogP contribution in [0.4, 0.5) is 0 Å². The largest absolute Gasteiger partial charge is 0.481 e. The maximum atomic E-state index is 12.4. The molecule has 2 rings (SSSR count). The Balaban J connectivity index is 1.93. The first-order chi connectivity index (χ1) is 9.18. The van der Waals surface area contributed by atoms with Crippen molar-refractivity contribution in [1.82, 2.24) is 10.2 Å². The molecule has 19 heavy (non-hydrogen) atoms. The summed E-state index contributed by atoms with van der Waals surface area (Å²) in [5, 5.41) is 12.0. The summed E-state index contributed by atoms with van der Waals surface area (Å²) in [7, 11) is 0. The average molecular weight is 270 g/mol. The summed E-state index contributed by atoms with van der Waals surface area (Å²) in [6.07, 6.45) is 3.66. The van der Waals surface area contributed by atoms with E-state index in [-0.39, 0.29) is 24.4 Å². The van der Waals surface area contributed by atoms with Gasteiger partial charge in [0, 0.05) is 25.6 Å². The molecule has 0 saturated carbocycles. The van der Waals surface area contributed by atoms with E-state index < -0.39 is 5.97 Å². The highest BCUT2D eigenvalue weighted by atomic mass is 16.5. The van der Waals surface area contributed by atoms with Gasteiger partial charge in [-0.05, 0) is 25.7 Å². The first kappa shape index (κ1) is 14.3. The topological polar surface area (TPSA) is 78.9 Å². The van der Waals surface area contributed by atoms with Crippen molar-refractivity contribution >= 4 is 11.9 Å². The van der Waals surface area contributed by atoms with Gasteiger partial charge in [-0.15, -0.1) is 0 Å². The van der Waals surface area contributed by atoms with Gasteiger partial charge in [-0.1, -0.05) is 0 Å². The van der Waals surface area contributed by atoms with E-state index in [1.165, 1.54) is 0 Å². The molecule has 2 N–H and O–H groups in total. The van der Waals surface area contributed by atoms with Gasteiger partial charge < -0.3 is 20.1 Å². The SMILES string of the molecule is O=C(O)CCC1CCCCN1C(=O)C1COCCN1. The highest BCUT2D eigenvalue weighted by Gasteiger charge is 2.32. The molecule has 2 saturated heterocycles. The van der Waals surface area contributed by atoms with Crippen molar-refractivity contribution in [2.24, 2.45) is 0 Å². The third-order valence-electron chi connectivity index (χ3n) is 3.82. The van der Waals surface area contributed by atoms with E-state index in [1.54, 1.807) is 0 Å². The standard InChI is InChI=1S/C13H22N2O4/c16-12(17)5-4-10-3-1-2-7-15(10)13(18)11-9-19-8-6-14-11/h10-11,14H,1-9H2,(H,16,17). The fourth-order valence-corrected chi connectivity index (χ4v) is 2.81. The van der Waals surface area contributed by atoms with Crippen LogP contribution >= 0.6 is 0 Å². The molecule has 0 aliphatic carbocycles. The zero-order valence-corrected chi connectivity index (χ0v) is 11.1. The number of aliphatic carboxylic acids is 1. The van der Waals surface area contributed by atoms with Gasteiger partial charge in [0.1, 0.15) is 6.04 Å². The van der Waals surface area contributed by atoms with E-state index in [0.29, 0.717) is 26.2 Å². The van der Waals surface area contributed by atoms with Crippen LogP contribution in [-0.4, -0.2) is 60.3 Å². The van der Waals surface area contributed by atoms with Gasteiger partial charge >= 0.3 is 5.97 Å². The molecule has 0 aromatic carbocycles. The monoisotopic (exact) mass is 270 g/mol. The molecule has 2 unspecified atom stereocenters. The number of piperidine rings is 1. The third kappa shape index (κ3) is 3.91. The Bertz CT molecular complexity index is 329. The molecule has 2 heterocycles. The predicted molar refractivity (Wildman–Crippen MR) is 68.8 cm³/mol. The summed E-state index contributed by atoms with van der Waals surface area (Å²) in [4.78, 5) is 25.0. The number of ether oxygens (including phenoxy) is 1. The molecule has 2 atom stereocenters. The number of carboxylic acids is 1. The highest BCUT2D eigenvalue weighted by molar-refractivity contribution is 5.82. The number of hydrogen-bond acceptors (Lipinski definition) is 4. The van der Waals surface area contributed by atoms with Crippen molar-refractivity contribution in [2.75, 3.05) is 26.3 Å². The van der Waals surface area contributed by atoms with Gasteiger partial charge in [-0.2, -0.15) is 0 Å². The van der Waals surface area contributed by atoms with Crippen molar-refractivity contribution < 1.29 is 19.4 Å². The van der Waals surface area contributed by atoms with Gasteiger partial charge in [0.25, 0.3) is 0 Å². The Morgan fingerprint density at radius 2 is 2.21 bits per heavy atom. The average Bonchev–Trinajstić information content (AvgIpc) is 2.45. The van der Waals surface area contributed by atoms with E-state index in [4.69, 9.17) is 9.84 Å². The molecular formula is C13H22N2O4. The molecule has 0 bridgehead atoms. The van der Waals surface area contributed by atoms with Gasteiger partial charge in [-0.25, -0.2) is 0 Å². The van der Waals surface area contributed by atoms with E-state index in [9.17, 15) is 9.59 Å². The summed E-state index contributed by atoms with van der Waals surface area (Å²) in [5.41, 5.74) is 0. The smallest absolute Gasteiger partial charge is 0.303 e. The van der Waals surface area contributed by atoms with E-state index >= 15 is 0 Å². The van der Waals surface area contributed by atoms with Gasteiger partial charge in [-0.3, -0.25) is 9.59 Å². The Morgan fingerprint density at radius 1 is 1.37 bits per heavy atom. The molecule has 2 aliphatic heterocycles. The second kappa shape index (κ2) is 6.86. The zero-order valence-electron chi connectivity index (χ0n) is 11.1. The Morgan fingerprint density at radius 3 is 2.89 bits per heavy atom. The molecule has 1 amide bonds. The van der Waals surface area contributed by atoms with Crippen LogP contribution in [-0.2, 0) is 14.3 Å². The second-order valence-electron chi connectivity index (χ2n) is 5.20. The first-order valence-corrected chi connectivity index (χ1v) is 7.02. The number of carboxylic acid groups (broad SMARTS) is 1. The number of carbonyl (C=O) groups is 2. The molecule has 0 radical (unpaired) electrons. The quantitative estimate of drug-likeness (QED) is 0.764. The van der Waals surface area contributed by atoms with E-state index in [0.717, 1.165) is 25.8 Å². The van der Waals surface area contributed by atoms with Crippen molar-refractivity contribution in [2.45, 2.75) is 44.2 Å². The lowest BCUT2D eigenvalue weighted by Crippen LogP contribution is -2.56. The normalized spacial score (nSPS) is 28.1. The number of likely N-dealkylation sites (tertiary alicyclic amines) is 1. The molecule has 2 aliphatic rings. The number of hydrogen-bond donors (Lipinski definition) is 2. The molecule has 2 fully saturated rings. The molecule has 6 heteroatoms. The van der Waals surface area contributed by atoms with Crippen LogP contribution in [0.1, 0.15) is 32.1 Å². The van der Waals surface area contributed by atoms with E-state index in [1.807, 2.05) is 4.90 Å². The first-order valence-electron chi connectivity index (χ1n) is 7.02. The summed E-state index contributed by atoms with van der Waals surface area (Å²) in [5.74, 6) is -0.730. The van der Waals surface area contributed by atoms with Gasteiger partial charge in [0.05, 0.1) is 13.2 Å². The van der Waals surface area contributed by atoms with Gasteiger partial charge in [0.15, 0.2) is 0 Å². The number of nitrogens with zero attached hydrogens (tertiary/aromatic N) is 1. The van der Waals surface area contributed by atoms with Crippen LogP contribution in [0.25, 0.3) is 0 Å². The summed E-state index contributed by atoms with van der Waals surface area (Å²) >= 11 is 0. The van der Waals surface area contributed by atoms with Crippen LogP contribution in [0.3, 0.4) is 0 Å². The number of nitrogens with one attached hydrogen (secondary N) is 1. The second-order valence-corrected chi connectivity index (χ2v) is 5.20. The van der Waals surface area contributed by atoms with Gasteiger partial charge in [0.2, 0.25) is 5.91 Å². The minimum Gasteiger partial charge on any atom is -0.481 e. The Hall–Kier alpha value is -1.14. The van der Waals surface area contributed by atoms with Crippen molar-refractivity contribution in [3.63, 3.8) is 0 Å². The lowest BCUT2D eigenvalue weighted by atomic mass is 9.97. The Kier molecular flexibility index (Phi) is 5.15. The highest BCUT2D eigenvalue weighted by Crippen LogP contribution is 2.22. The fourth-order valence-electron chi connectivity index (χ4n) is 2.81. The third-order valence-corrected chi connectivity index (χ3v) is 3.82. The molecule has 0 aromatic rings. The molecular weight excluding hydrogens is 248 g/mol. The van der Waals surface area contributed by atoms with Crippen LogP contribution in [0.5, 0.6) is 0 Å². The van der Waals surface area contributed by atoms with Crippen LogP contribution in [0.15, 0.2) is 0 Å². The number of morpholine rings is 1. The maximum Gasteiger partial charge on any atom is 0.303 e. The van der Waals surface area contributed by atoms with Crippen molar-refractivity contribution in [1.29, 1.82) is 0 Å². The van der Waals surface area contributed by atoms with E-state index in [2.05, 4.69) is 5.32 Å². The van der Waals surface area contributed by atoms with Crippen molar-refractivity contribution in [3.8, 4) is 0 Å². The van der Waals surface area contributed by atoms with Crippen molar-refractivity contribution in [3.05, 3.63) is 0 Å². The Labute approximate surface area is 113 Å². The molecule has 6 nitrogen and oxygen atoms in total. The lowest BCUT2D eigenvalue weighted by Gasteiger charge is -2.38. The van der Waals surface area contributed by atoms with Crippen LogP contribution in [0.2, 0.25) is 0 Å². The maximum absolute atomic E-state index is 12.4. The van der Waals surface area contributed by atoms with Crippen LogP contribution < -0.4 is 5.32 Å². The predicted octanol–water partition coefficient (Wildman–Crippen LogP) is 0.221. The summed E-state index contributed by atoms with van der Waals surface area (Å²) in [6.45, 7) is 2.50. The minimum atomic E-state index is -0.794. The molecule has 0 spiro atoms. The van der Waals surface area contributed by atoms with Crippen LogP contribution in [0, 0.1) is 0 Å². The lowest BCUT2D eigenvalue weighted by molar-refractivity contribution is -0.142. The summed E-state index contributed by atoms with van der Waals surface area (Å²) in [6, 6.07) is -0.194. The molecule has 108 valence electrons.